The second-order valence-corrected chi connectivity index (χ2v) is 8.41. The van der Waals surface area contributed by atoms with Gasteiger partial charge in [0.15, 0.2) is 0 Å². The van der Waals surface area contributed by atoms with Gasteiger partial charge in [-0.25, -0.2) is 4.79 Å². The third kappa shape index (κ3) is 5.26. The van der Waals surface area contributed by atoms with Crippen molar-refractivity contribution in [2.24, 2.45) is 0 Å². The molecule has 1 aromatic carbocycles. The van der Waals surface area contributed by atoms with Gasteiger partial charge in [-0.1, -0.05) is 34.4 Å². The molecule has 0 bridgehead atoms. The lowest BCUT2D eigenvalue weighted by atomic mass is 10.0. The molecule has 1 aliphatic carbocycles. The fourth-order valence-electron chi connectivity index (χ4n) is 3.43. The van der Waals surface area contributed by atoms with E-state index in [1.54, 1.807) is 30.3 Å². The summed E-state index contributed by atoms with van der Waals surface area (Å²) in [6.07, 6.45) is 6.08. The second-order valence-electron chi connectivity index (χ2n) is 7.60. The maximum atomic E-state index is 10.9. The number of carbonyl (C=O) groups is 1. The fraction of sp³-hybridized carbons (Fsp3) is 0.348. The normalized spacial score (nSPS) is 13.5. The summed E-state index contributed by atoms with van der Waals surface area (Å²) in [4.78, 5) is 15.1. The number of hydrogen-bond acceptors (Lipinski definition) is 5. The number of rotatable bonds is 10. The molecule has 0 amide bonds. The van der Waals surface area contributed by atoms with Crippen molar-refractivity contribution in [3.05, 3.63) is 69.2 Å². The van der Waals surface area contributed by atoms with E-state index in [1.165, 1.54) is 6.20 Å². The smallest absolute Gasteiger partial charge is 0.337 e. The van der Waals surface area contributed by atoms with Crippen molar-refractivity contribution in [3.8, 4) is 11.3 Å². The van der Waals surface area contributed by atoms with Crippen molar-refractivity contribution in [2.45, 2.75) is 44.6 Å². The molecular formula is C23H22Cl2N2O4. The van der Waals surface area contributed by atoms with Crippen molar-refractivity contribution in [1.29, 1.82) is 0 Å². The Balaban J connectivity index is 1.33. The Morgan fingerprint density at radius 3 is 2.58 bits per heavy atom. The fourth-order valence-corrected chi connectivity index (χ4v) is 4.01. The van der Waals surface area contributed by atoms with E-state index in [-0.39, 0.29) is 5.56 Å². The highest BCUT2D eigenvalue weighted by Gasteiger charge is 2.33. The largest absolute Gasteiger partial charge is 0.478 e. The van der Waals surface area contributed by atoms with Gasteiger partial charge >= 0.3 is 5.97 Å². The molecule has 0 atom stereocenters. The van der Waals surface area contributed by atoms with E-state index in [1.807, 2.05) is 0 Å². The molecular weight excluding hydrogens is 439 g/mol. The van der Waals surface area contributed by atoms with Gasteiger partial charge in [-0.05, 0) is 56.4 Å². The first-order chi connectivity index (χ1) is 15.0. The molecule has 0 aliphatic heterocycles. The van der Waals surface area contributed by atoms with Gasteiger partial charge in [0.25, 0.3) is 0 Å². The van der Waals surface area contributed by atoms with Crippen LogP contribution in [0.5, 0.6) is 0 Å². The van der Waals surface area contributed by atoms with Gasteiger partial charge in [-0.15, -0.1) is 0 Å². The zero-order valence-corrected chi connectivity index (χ0v) is 18.3. The van der Waals surface area contributed by atoms with Crippen LogP contribution in [0.15, 0.2) is 41.1 Å². The van der Waals surface area contributed by atoms with Crippen LogP contribution in [0.1, 0.15) is 59.0 Å². The van der Waals surface area contributed by atoms with Crippen molar-refractivity contribution in [1.82, 2.24) is 10.1 Å². The number of aromatic nitrogens is 2. The maximum absolute atomic E-state index is 10.9. The topological polar surface area (TPSA) is 85.5 Å². The average molecular weight is 461 g/mol. The van der Waals surface area contributed by atoms with E-state index >= 15 is 0 Å². The van der Waals surface area contributed by atoms with Gasteiger partial charge < -0.3 is 14.4 Å². The lowest BCUT2D eigenvalue weighted by Crippen LogP contribution is -2.01. The Kier molecular flexibility index (Phi) is 6.90. The van der Waals surface area contributed by atoms with E-state index in [4.69, 9.17) is 37.6 Å². The summed E-state index contributed by atoms with van der Waals surface area (Å²) < 4.78 is 11.6. The molecule has 4 rings (SSSR count). The summed E-state index contributed by atoms with van der Waals surface area (Å²) in [5.74, 6) is 0.291. The molecule has 0 spiro atoms. The minimum atomic E-state index is -0.968. The molecule has 1 saturated carbocycles. The molecule has 2 aromatic heterocycles. The van der Waals surface area contributed by atoms with Crippen LogP contribution in [-0.4, -0.2) is 27.8 Å². The van der Waals surface area contributed by atoms with Crippen molar-refractivity contribution in [2.75, 3.05) is 6.61 Å². The van der Waals surface area contributed by atoms with Gasteiger partial charge in [-0.2, -0.15) is 0 Å². The maximum Gasteiger partial charge on any atom is 0.337 e. The molecule has 162 valence electrons. The number of aromatic carboxylic acids is 1. The minimum Gasteiger partial charge on any atom is -0.478 e. The van der Waals surface area contributed by atoms with Gasteiger partial charge in [0.2, 0.25) is 0 Å². The first-order valence-corrected chi connectivity index (χ1v) is 11.0. The van der Waals surface area contributed by atoms with Crippen LogP contribution in [0.4, 0.5) is 0 Å². The van der Waals surface area contributed by atoms with Gasteiger partial charge in [0.1, 0.15) is 11.5 Å². The standard InChI is InChI=1S/C23H22Cl2N2O4/c24-18-5-3-6-19(25)20(18)21-17(22(31-27-21)14-7-8-14)13-30-11-2-1-4-16-10-9-15(12-26-16)23(28)29/h3,5-6,9-10,12,14H,1-2,4,7-8,11,13H2,(H,28,29). The minimum absolute atomic E-state index is 0.196. The molecule has 1 N–H and O–H groups in total. The Labute approximate surface area is 190 Å². The van der Waals surface area contributed by atoms with Crippen molar-refractivity contribution >= 4 is 29.2 Å². The summed E-state index contributed by atoms with van der Waals surface area (Å²) in [5.41, 5.74) is 3.32. The Hall–Kier alpha value is -2.41. The van der Waals surface area contributed by atoms with Crippen LogP contribution in [0.3, 0.4) is 0 Å². The molecule has 1 aliphatic rings. The zero-order chi connectivity index (χ0) is 21.8. The summed E-state index contributed by atoms with van der Waals surface area (Å²) in [7, 11) is 0. The predicted molar refractivity (Wildman–Crippen MR) is 118 cm³/mol. The third-order valence-corrected chi connectivity index (χ3v) is 5.89. The molecule has 2 heterocycles. The molecule has 8 heteroatoms. The molecule has 0 unspecified atom stereocenters. The lowest BCUT2D eigenvalue weighted by Gasteiger charge is -2.08. The summed E-state index contributed by atoms with van der Waals surface area (Å²) in [6, 6.07) is 8.71. The summed E-state index contributed by atoms with van der Waals surface area (Å²) in [6.45, 7) is 0.968. The van der Waals surface area contributed by atoms with E-state index in [0.717, 1.165) is 49.1 Å². The number of carboxylic acid groups (broad SMARTS) is 1. The SMILES string of the molecule is O=C(O)c1ccc(CCCCOCc2c(-c3c(Cl)cccc3Cl)noc2C2CC2)nc1. The van der Waals surface area contributed by atoms with Gasteiger partial charge in [0.05, 0.1) is 22.2 Å². The van der Waals surface area contributed by atoms with E-state index in [2.05, 4.69) is 10.1 Å². The number of pyridine rings is 1. The number of benzene rings is 1. The summed E-state index contributed by atoms with van der Waals surface area (Å²) >= 11 is 12.8. The third-order valence-electron chi connectivity index (χ3n) is 5.26. The number of ether oxygens (including phenoxy) is 1. The van der Waals surface area contributed by atoms with Crippen LogP contribution >= 0.6 is 23.2 Å². The average Bonchev–Trinajstić information content (AvgIpc) is 3.52. The Morgan fingerprint density at radius 2 is 1.94 bits per heavy atom. The zero-order valence-electron chi connectivity index (χ0n) is 16.8. The number of carboxylic acids is 1. The van der Waals surface area contributed by atoms with Crippen LogP contribution in [0.2, 0.25) is 10.0 Å². The van der Waals surface area contributed by atoms with Crippen LogP contribution in [0.25, 0.3) is 11.3 Å². The monoisotopic (exact) mass is 460 g/mol. The number of hydrogen-bond donors (Lipinski definition) is 1. The van der Waals surface area contributed by atoms with E-state index in [0.29, 0.717) is 40.4 Å². The van der Waals surface area contributed by atoms with E-state index < -0.39 is 5.97 Å². The molecule has 1 fully saturated rings. The number of nitrogens with zero attached hydrogens (tertiary/aromatic N) is 2. The highest BCUT2D eigenvalue weighted by Crippen LogP contribution is 2.46. The Morgan fingerprint density at radius 1 is 1.16 bits per heavy atom. The number of aryl methyl sites for hydroxylation is 1. The van der Waals surface area contributed by atoms with Crippen LogP contribution in [0, 0.1) is 0 Å². The first-order valence-electron chi connectivity index (χ1n) is 10.2. The molecule has 31 heavy (non-hydrogen) atoms. The van der Waals surface area contributed by atoms with Gasteiger partial charge in [0, 0.05) is 35.5 Å². The highest BCUT2D eigenvalue weighted by molar-refractivity contribution is 6.39. The highest BCUT2D eigenvalue weighted by atomic mass is 35.5. The second kappa shape index (κ2) is 9.81. The Bertz CT molecular complexity index is 1040. The molecule has 6 nitrogen and oxygen atoms in total. The molecule has 3 aromatic rings. The number of halogens is 2. The van der Waals surface area contributed by atoms with Gasteiger partial charge in [-0.3, -0.25) is 4.98 Å². The molecule has 0 saturated heterocycles. The molecule has 0 radical (unpaired) electrons. The van der Waals surface area contributed by atoms with Crippen LogP contribution in [-0.2, 0) is 17.8 Å². The first kappa shape index (κ1) is 21.8. The van der Waals surface area contributed by atoms with E-state index in [9.17, 15) is 4.79 Å². The predicted octanol–water partition coefficient (Wildman–Crippen LogP) is 6.16. The van der Waals surface area contributed by atoms with Crippen molar-refractivity contribution < 1.29 is 19.2 Å². The summed E-state index contributed by atoms with van der Waals surface area (Å²) in [5, 5.41) is 14.3. The van der Waals surface area contributed by atoms with Crippen LogP contribution < -0.4 is 0 Å². The lowest BCUT2D eigenvalue weighted by molar-refractivity contribution is 0.0696. The quantitative estimate of drug-likeness (QED) is 0.364. The van der Waals surface area contributed by atoms with Crippen molar-refractivity contribution in [3.63, 3.8) is 0 Å². The number of unbranched alkanes of at least 4 members (excludes halogenated alkanes) is 1.